The maximum Gasteiger partial charge on any atom is 0.287 e. The van der Waals surface area contributed by atoms with Crippen molar-refractivity contribution < 1.29 is 9.47 Å². The number of hydrogen-bond acceptors (Lipinski definition) is 2. The Hall–Kier alpha value is -0.920. The van der Waals surface area contributed by atoms with Crippen LogP contribution in [0.15, 0.2) is 24.0 Å². The van der Waals surface area contributed by atoms with Gasteiger partial charge < -0.3 is 9.47 Å². The van der Waals surface area contributed by atoms with Gasteiger partial charge in [0.1, 0.15) is 12.5 Å². The fourth-order valence-corrected chi connectivity index (χ4v) is 0.443. The van der Waals surface area contributed by atoms with Gasteiger partial charge in [0.25, 0.3) is 5.95 Å². The number of ether oxygens (including phenoxy) is 2. The quantitative estimate of drug-likeness (QED) is 0.475. The standard InChI is InChI=1S/C6H8O2/c1-5(2)6-7-3-4-8-6/h3-4H,1-2H3. The predicted octanol–water partition coefficient (Wildman–Crippen LogP) is 1.76. The molecule has 0 atom stereocenters. The first-order valence-electron chi connectivity index (χ1n) is 2.46. The van der Waals surface area contributed by atoms with Gasteiger partial charge in [-0.25, -0.2) is 0 Å². The molecule has 0 saturated carbocycles. The van der Waals surface area contributed by atoms with Gasteiger partial charge in [0.2, 0.25) is 0 Å². The molecule has 0 spiro atoms. The Morgan fingerprint density at radius 3 is 2.00 bits per heavy atom. The second-order valence-corrected chi connectivity index (χ2v) is 1.80. The first kappa shape index (κ1) is 5.22. The molecule has 0 aromatic rings. The lowest BCUT2D eigenvalue weighted by Gasteiger charge is -1.96. The molecule has 2 heteroatoms. The first-order valence-corrected chi connectivity index (χ1v) is 2.46. The molecule has 0 aromatic heterocycles. The average molecular weight is 112 g/mol. The van der Waals surface area contributed by atoms with E-state index >= 15 is 0 Å². The molecule has 0 aromatic carbocycles. The summed E-state index contributed by atoms with van der Waals surface area (Å²) in [4.78, 5) is 0. The van der Waals surface area contributed by atoms with Crippen LogP contribution in [-0.2, 0) is 9.47 Å². The van der Waals surface area contributed by atoms with Crippen LogP contribution in [0.3, 0.4) is 0 Å². The minimum atomic E-state index is 0.602. The molecule has 1 rings (SSSR count). The molecule has 0 bridgehead atoms. The summed E-state index contributed by atoms with van der Waals surface area (Å²) in [5.74, 6) is 0.602. The Morgan fingerprint density at radius 1 is 1.25 bits per heavy atom. The van der Waals surface area contributed by atoms with Crippen molar-refractivity contribution in [3.05, 3.63) is 24.0 Å². The zero-order valence-corrected chi connectivity index (χ0v) is 4.97. The summed E-state index contributed by atoms with van der Waals surface area (Å²) in [5, 5.41) is 0. The van der Waals surface area contributed by atoms with E-state index in [1.165, 1.54) is 12.5 Å². The van der Waals surface area contributed by atoms with Crippen LogP contribution < -0.4 is 0 Å². The molecule has 1 heterocycles. The summed E-state index contributed by atoms with van der Waals surface area (Å²) in [6, 6.07) is 0. The smallest absolute Gasteiger partial charge is 0.287 e. The Bertz CT molecular complexity index is 131. The predicted molar refractivity (Wildman–Crippen MR) is 29.7 cm³/mol. The molecule has 0 fully saturated rings. The summed E-state index contributed by atoms with van der Waals surface area (Å²) in [6.45, 7) is 3.87. The van der Waals surface area contributed by atoms with E-state index in [2.05, 4.69) is 0 Å². The van der Waals surface area contributed by atoms with Gasteiger partial charge in [-0.2, -0.15) is 0 Å². The van der Waals surface area contributed by atoms with E-state index in [9.17, 15) is 0 Å². The second-order valence-electron chi connectivity index (χ2n) is 1.80. The Balaban J connectivity index is 2.64. The van der Waals surface area contributed by atoms with Crippen LogP contribution in [0.4, 0.5) is 0 Å². The van der Waals surface area contributed by atoms with E-state index in [1.807, 2.05) is 13.8 Å². The van der Waals surface area contributed by atoms with Gasteiger partial charge in [0.05, 0.1) is 0 Å². The van der Waals surface area contributed by atoms with E-state index in [0.717, 1.165) is 5.57 Å². The Labute approximate surface area is 48.4 Å². The van der Waals surface area contributed by atoms with Gasteiger partial charge in [0.15, 0.2) is 0 Å². The van der Waals surface area contributed by atoms with E-state index < -0.39 is 0 Å². The van der Waals surface area contributed by atoms with Crippen LogP contribution >= 0.6 is 0 Å². The number of rotatable bonds is 0. The first-order chi connectivity index (χ1) is 3.80. The molecule has 0 saturated heterocycles. The van der Waals surface area contributed by atoms with Crippen molar-refractivity contribution in [1.82, 2.24) is 0 Å². The molecule has 1 aliphatic rings. The van der Waals surface area contributed by atoms with Crippen molar-refractivity contribution in [2.24, 2.45) is 0 Å². The largest absolute Gasteiger partial charge is 0.431 e. The Kier molecular flexibility index (Phi) is 1.24. The fourth-order valence-electron chi connectivity index (χ4n) is 0.443. The molecular formula is C6H8O2. The minimum Gasteiger partial charge on any atom is -0.431 e. The van der Waals surface area contributed by atoms with E-state index in [0.29, 0.717) is 5.95 Å². The van der Waals surface area contributed by atoms with Crippen molar-refractivity contribution in [2.75, 3.05) is 0 Å². The lowest BCUT2D eigenvalue weighted by molar-refractivity contribution is 0.195. The molecule has 2 nitrogen and oxygen atoms in total. The van der Waals surface area contributed by atoms with E-state index in [1.54, 1.807) is 0 Å². The van der Waals surface area contributed by atoms with Crippen molar-refractivity contribution in [1.29, 1.82) is 0 Å². The summed E-state index contributed by atoms with van der Waals surface area (Å²) in [6.07, 6.45) is 3.03. The topological polar surface area (TPSA) is 18.5 Å². The number of hydrogen-bond donors (Lipinski definition) is 0. The van der Waals surface area contributed by atoms with Gasteiger partial charge in [-0.3, -0.25) is 0 Å². The summed E-state index contributed by atoms with van der Waals surface area (Å²) < 4.78 is 9.78. The van der Waals surface area contributed by atoms with Crippen molar-refractivity contribution in [3.63, 3.8) is 0 Å². The molecule has 1 aliphatic heterocycles. The highest BCUT2D eigenvalue weighted by Gasteiger charge is 2.02. The Morgan fingerprint density at radius 2 is 1.75 bits per heavy atom. The maximum absolute atomic E-state index is 4.89. The van der Waals surface area contributed by atoms with Crippen molar-refractivity contribution >= 4 is 0 Å². The second kappa shape index (κ2) is 1.90. The van der Waals surface area contributed by atoms with Crippen LogP contribution in [0, 0.1) is 0 Å². The van der Waals surface area contributed by atoms with Gasteiger partial charge in [-0.15, -0.1) is 0 Å². The van der Waals surface area contributed by atoms with Crippen molar-refractivity contribution in [2.45, 2.75) is 13.8 Å². The SMILES string of the molecule is CC(C)=C1OC=CO1. The molecule has 8 heavy (non-hydrogen) atoms. The van der Waals surface area contributed by atoms with Crippen LogP contribution in [0.5, 0.6) is 0 Å². The third-order valence-corrected chi connectivity index (χ3v) is 0.814. The average Bonchev–Trinajstić information content (AvgIpc) is 2.12. The minimum absolute atomic E-state index is 0.602. The van der Waals surface area contributed by atoms with E-state index in [-0.39, 0.29) is 0 Å². The summed E-state index contributed by atoms with van der Waals surface area (Å²) in [5.41, 5.74) is 1.05. The highest BCUT2D eigenvalue weighted by Crippen LogP contribution is 2.12. The zero-order chi connectivity index (χ0) is 5.98. The van der Waals surface area contributed by atoms with E-state index in [4.69, 9.17) is 9.47 Å². The third kappa shape index (κ3) is 0.832. The third-order valence-electron chi connectivity index (χ3n) is 0.814. The molecule has 0 unspecified atom stereocenters. The molecule has 0 aliphatic carbocycles. The molecule has 44 valence electrons. The van der Waals surface area contributed by atoms with Crippen LogP contribution in [0.1, 0.15) is 13.8 Å². The molecule has 0 N–H and O–H groups in total. The monoisotopic (exact) mass is 112 g/mol. The highest BCUT2D eigenvalue weighted by molar-refractivity contribution is 5.00. The van der Waals surface area contributed by atoms with Gasteiger partial charge in [0, 0.05) is 5.57 Å². The van der Waals surface area contributed by atoms with Crippen molar-refractivity contribution in [3.8, 4) is 0 Å². The lowest BCUT2D eigenvalue weighted by atomic mass is 10.4. The van der Waals surface area contributed by atoms with Crippen LogP contribution in [0.25, 0.3) is 0 Å². The fraction of sp³-hybridized carbons (Fsp3) is 0.333. The molecular weight excluding hydrogens is 104 g/mol. The van der Waals surface area contributed by atoms with Gasteiger partial charge in [-0.1, -0.05) is 0 Å². The maximum atomic E-state index is 4.89. The number of allylic oxidation sites excluding steroid dienone is 1. The highest BCUT2D eigenvalue weighted by atomic mass is 16.7. The summed E-state index contributed by atoms with van der Waals surface area (Å²) in [7, 11) is 0. The normalized spacial score (nSPS) is 15.5. The molecule has 0 amide bonds. The zero-order valence-electron chi connectivity index (χ0n) is 4.97. The van der Waals surface area contributed by atoms with Gasteiger partial charge in [-0.05, 0) is 13.8 Å². The van der Waals surface area contributed by atoms with Crippen LogP contribution in [0.2, 0.25) is 0 Å². The lowest BCUT2D eigenvalue weighted by Crippen LogP contribution is -1.82. The van der Waals surface area contributed by atoms with Crippen LogP contribution in [-0.4, -0.2) is 0 Å². The summed E-state index contributed by atoms with van der Waals surface area (Å²) >= 11 is 0. The molecule has 0 radical (unpaired) electrons. The van der Waals surface area contributed by atoms with Gasteiger partial charge >= 0.3 is 0 Å².